The zero-order chi connectivity index (χ0) is 20.3. The largest absolute Gasteiger partial charge is 0.357 e. The van der Waals surface area contributed by atoms with E-state index in [1.54, 1.807) is 13.0 Å². The van der Waals surface area contributed by atoms with Gasteiger partial charge in [0.15, 0.2) is 0 Å². The van der Waals surface area contributed by atoms with E-state index in [9.17, 15) is 14.0 Å². The predicted octanol–water partition coefficient (Wildman–Crippen LogP) is 3.74. The number of hydrogen-bond acceptors (Lipinski definition) is 6. The van der Waals surface area contributed by atoms with Crippen LogP contribution in [0.2, 0.25) is 5.15 Å². The minimum Gasteiger partial charge on any atom is -0.357 e. The van der Waals surface area contributed by atoms with Crippen molar-refractivity contribution >= 4 is 17.4 Å². The molecule has 0 aliphatic carbocycles. The highest BCUT2D eigenvalue weighted by molar-refractivity contribution is 6.30. The molecule has 0 fully saturated rings. The maximum absolute atomic E-state index is 12.8. The van der Waals surface area contributed by atoms with E-state index in [0.29, 0.717) is 43.1 Å². The topological polar surface area (TPSA) is 88.6 Å². The van der Waals surface area contributed by atoms with Gasteiger partial charge < -0.3 is 5.32 Å². The van der Waals surface area contributed by atoms with Crippen LogP contribution in [0.3, 0.4) is 0 Å². The summed E-state index contributed by atoms with van der Waals surface area (Å²) in [7, 11) is 0. The summed E-state index contributed by atoms with van der Waals surface area (Å²) in [6, 6.07) is 7.13. The third kappa shape index (κ3) is 4.04. The first-order valence-electron chi connectivity index (χ1n) is 8.63. The smallest absolute Gasteiger partial charge is 0.280 e. The average molecular weight is 403 g/mol. The number of nitriles is 2. The molecule has 0 spiro atoms. The Labute approximate surface area is 166 Å². The molecule has 2 aromatic heterocycles. The number of hydrogen-bond donors (Lipinski definition) is 1. The van der Waals surface area contributed by atoms with E-state index in [4.69, 9.17) is 16.9 Å². The summed E-state index contributed by atoms with van der Waals surface area (Å²) in [5.74, 6) is 0.527. The molecule has 3 heterocycles. The predicted molar refractivity (Wildman–Crippen MR) is 99.8 cm³/mol. The quantitative estimate of drug-likeness (QED) is 0.605. The number of aromatic nitrogens is 2. The number of fused-ring (bicyclic) bond motifs is 1. The lowest BCUT2D eigenvalue weighted by atomic mass is 9.96. The van der Waals surface area contributed by atoms with Crippen molar-refractivity contribution in [2.24, 2.45) is 0 Å². The summed E-state index contributed by atoms with van der Waals surface area (Å²) >= 11 is 6.17. The van der Waals surface area contributed by atoms with Gasteiger partial charge in [-0.2, -0.15) is 10.5 Å². The number of nitrogens with zero attached hydrogens (tertiary/aromatic N) is 5. The van der Waals surface area contributed by atoms with Crippen molar-refractivity contribution in [2.45, 2.75) is 32.9 Å². The van der Waals surface area contributed by atoms with E-state index in [1.165, 1.54) is 6.07 Å². The van der Waals surface area contributed by atoms with Crippen LogP contribution >= 0.6 is 11.6 Å². The number of rotatable bonds is 5. The number of nitrogens with one attached hydrogen (secondary N) is 1. The van der Waals surface area contributed by atoms with Crippen molar-refractivity contribution in [2.75, 3.05) is 18.4 Å². The molecule has 28 heavy (non-hydrogen) atoms. The summed E-state index contributed by atoms with van der Waals surface area (Å²) in [5, 5.41) is 21.3. The molecule has 2 aromatic rings. The molecule has 0 bridgehead atoms. The number of halogens is 3. The van der Waals surface area contributed by atoms with E-state index in [2.05, 4.69) is 26.3 Å². The zero-order valence-electron chi connectivity index (χ0n) is 15.1. The number of pyridine rings is 2. The van der Waals surface area contributed by atoms with Crippen molar-refractivity contribution in [3.8, 4) is 12.1 Å². The minimum absolute atomic E-state index is 0.0900. The molecule has 1 aliphatic heterocycles. The first kappa shape index (κ1) is 19.9. The normalized spacial score (nSPS) is 13.7. The van der Waals surface area contributed by atoms with Crippen LogP contribution < -0.4 is 5.32 Å². The summed E-state index contributed by atoms with van der Waals surface area (Å²) in [4.78, 5) is 10.3. The van der Waals surface area contributed by atoms with E-state index in [-0.39, 0.29) is 17.4 Å². The molecule has 144 valence electrons. The SMILES string of the molecule is Cc1nc(C(F)F)ccc1CN1CCc2c(NCC#N)nc(Cl)c(C#N)c2C1. The van der Waals surface area contributed by atoms with Crippen LogP contribution in [0.15, 0.2) is 12.1 Å². The van der Waals surface area contributed by atoms with Crippen LogP contribution in [0.25, 0.3) is 0 Å². The molecule has 0 saturated heterocycles. The molecule has 0 aromatic carbocycles. The van der Waals surface area contributed by atoms with Crippen molar-refractivity contribution in [1.29, 1.82) is 10.5 Å². The van der Waals surface area contributed by atoms with Crippen LogP contribution in [0, 0.1) is 29.6 Å². The van der Waals surface area contributed by atoms with Gasteiger partial charge in [-0.1, -0.05) is 17.7 Å². The van der Waals surface area contributed by atoms with Crippen LogP contribution in [0.1, 0.15) is 40.1 Å². The highest BCUT2D eigenvalue weighted by Gasteiger charge is 2.25. The third-order valence-corrected chi connectivity index (χ3v) is 4.98. The number of anilines is 1. The van der Waals surface area contributed by atoms with Crippen LogP contribution in [-0.2, 0) is 19.5 Å². The summed E-state index contributed by atoms with van der Waals surface area (Å²) in [5.41, 5.74) is 3.18. The summed E-state index contributed by atoms with van der Waals surface area (Å²) in [6.45, 7) is 3.49. The van der Waals surface area contributed by atoms with Crippen LogP contribution in [0.5, 0.6) is 0 Å². The molecule has 0 radical (unpaired) electrons. The fourth-order valence-electron chi connectivity index (χ4n) is 3.31. The Morgan fingerprint density at radius 2 is 2.07 bits per heavy atom. The average Bonchev–Trinajstić information content (AvgIpc) is 2.67. The molecule has 0 amide bonds. The van der Waals surface area contributed by atoms with E-state index in [0.717, 1.165) is 16.7 Å². The Hall–Kier alpha value is -2.81. The maximum atomic E-state index is 12.8. The van der Waals surface area contributed by atoms with Crippen molar-refractivity contribution in [3.05, 3.63) is 50.9 Å². The first-order valence-corrected chi connectivity index (χ1v) is 9.01. The Morgan fingerprint density at radius 3 is 2.71 bits per heavy atom. The van der Waals surface area contributed by atoms with Gasteiger partial charge in [0, 0.05) is 30.9 Å². The van der Waals surface area contributed by atoms with Crippen LogP contribution in [0.4, 0.5) is 14.6 Å². The summed E-state index contributed by atoms with van der Waals surface area (Å²) < 4.78 is 25.6. The lowest BCUT2D eigenvalue weighted by Crippen LogP contribution is -2.32. The Morgan fingerprint density at radius 1 is 1.29 bits per heavy atom. The Kier molecular flexibility index (Phi) is 6.03. The summed E-state index contributed by atoms with van der Waals surface area (Å²) in [6.07, 6.45) is -1.97. The van der Waals surface area contributed by atoms with Gasteiger partial charge in [0.2, 0.25) is 0 Å². The molecule has 3 rings (SSSR count). The molecule has 0 saturated carbocycles. The number of aryl methyl sites for hydroxylation is 1. The first-order chi connectivity index (χ1) is 13.4. The second-order valence-electron chi connectivity index (χ2n) is 6.45. The molecule has 0 atom stereocenters. The van der Waals surface area contributed by atoms with Crippen LogP contribution in [-0.4, -0.2) is 28.0 Å². The monoisotopic (exact) mass is 402 g/mol. The van der Waals surface area contributed by atoms with Crippen molar-refractivity contribution < 1.29 is 8.78 Å². The minimum atomic E-state index is -2.60. The van der Waals surface area contributed by atoms with Crippen molar-refractivity contribution in [3.63, 3.8) is 0 Å². The lowest BCUT2D eigenvalue weighted by molar-refractivity contribution is 0.145. The third-order valence-electron chi connectivity index (χ3n) is 4.71. The second kappa shape index (κ2) is 8.47. The molecule has 6 nitrogen and oxygen atoms in total. The molecule has 1 N–H and O–H groups in total. The standard InChI is InChI=1S/C19H17ClF2N6/c1-11-12(2-3-16(26-11)18(21)22)9-28-7-4-13-15(10-28)14(8-24)17(20)27-19(13)25-6-5-23/h2-3,18H,4,6-7,9-10H2,1H3,(H,25,27). The Balaban J connectivity index is 1.87. The van der Waals surface area contributed by atoms with Gasteiger partial charge in [-0.3, -0.25) is 9.88 Å². The van der Waals surface area contributed by atoms with Gasteiger partial charge in [-0.15, -0.1) is 0 Å². The molecule has 9 heteroatoms. The van der Waals surface area contributed by atoms with E-state index < -0.39 is 6.43 Å². The number of alkyl halides is 2. The van der Waals surface area contributed by atoms with Crippen molar-refractivity contribution in [1.82, 2.24) is 14.9 Å². The van der Waals surface area contributed by atoms with E-state index >= 15 is 0 Å². The molecular formula is C19H17ClF2N6. The molecule has 1 aliphatic rings. The molecular weight excluding hydrogens is 386 g/mol. The van der Waals surface area contributed by atoms with Gasteiger partial charge in [0.1, 0.15) is 29.3 Å². The fraction of sp³-hybridized carbons (Fsp3) is 0.368. The highest BCUT2D eigenvalue weighted by Crippen LogP contribution is 2.32. The maximum Gasteiger partial charge on any atom is 0.280 e. The van der Waals surface area contributed by atoms with Gasteiger partial charge in [-0.05, 0) is 30.5 Å². The van der Waals surface area contributed by atoms with Gasteiger partial charge in [0.25, 0.3) is 6.43 Å². The Bertz CT molecular complexity index is 980. The lowest BCUT2D eigenvalue weighted by Gasteiger charge is -2.31. The second-order valence-corrected chi connectivity index (χ2v) is 6.81. The molecule has 0 unspecified atom stereocenters. The van der Waals surface area contributed by atoms with Gasteiger partial charge >= 0.3 is 0 Å². The zero-order valence-corrected chi connectivity index (χ0v) is 15.9. The fourth-order valence-corrected chi connectivity index (χ4v) is 3.55. The van der Waals surface area contributed by atoms with Gasteiger partial charge in [-0.25, -0.2) is 13.8 Å². The van der Waals surface area contributed by atoms with Gasteiger partial charge in [0.05, 0.1) is 11.6 Å². The highest BCUT2D eigenvalue weighted by atomic mass is 35.5. The van der Waals surface area contributed by atoms with E-state index in [1.807, 2.05) is 6.07 Å².